The fraction of sp³-hybridized carbons (Fsp3) is 0.357. The van der Waals surface area contributed by atoms with Crippen LogP contribution < -0.4 is 10.6 Å². The van der Waals surface area contributed by atoms with Gasteiger partial charge in [0.15, 0.2) is 0 Å². The van der Waals surface area contributed by atoms with Crippen molar-refractivity contribution >= 4 is 11.6 Å². The second kappa shape index (κ2) is 6.72. The first-order valence-electron chi connectivity index (χ1n) is 5.71. The predicted octanol–water partition coefficient (Wildman–Crippen LogP) is 1.99. The lowest BCUT2D eigenvalue weighted by molar-refractivity contribution is -0.116. The number of hydrogen-bond acceptors (Lipinski definition) is 2. The van der Waals surface area contributed by atoms with Crippen molar-refractivity contribution in [1.82, 2.24) is 5.32 Å². The van der Waals surface area contributed by atoms with Gasteiger partial charge in [-0.3, -0.25) is 4.79 Å². The zero-order valence-electron chi connectivity index (χ0n) is 10.3. The van der Waals surface area contributed by atoms with E-state index in [1.54, 1.807) is 6.07 Å². The maximum absolute atomic E-state index is 11.6. The van der Waals surface area contributed by atoms with Crippen LogP contribution in [0, 0.1) is 12.3 Å². The summed E-state index contributed by atoms with van der Waals surface area (Å²) in [7, 11) is 0. The Morgan fingerprint density at radius 1 is 1.47 bits per heavy atom. The van der Waals surface area contributed by atoms with Crippen LogP contribution in [-0.4, -0.2) is 18.5 Å². The summed E-state index contributed by atoms with van der Waals surface area (Å²) in [4.78, 5) is 11.6. The summed E-state index contributed by atoms with van der Waals surface area (Å²) in [5, 5.41) is 6.01. The highest BCUT2D eigenvalue weighted by molar-refractivity contribution is 5.90. The molecule has 17 heavy (non-hydrogen) atoms. The lowest BCUT2D eigenvalue weighted by Crippen LogP contribution is -2.27. The molecular formula is C14H18N2O. The van der Waals surface area contributed by atoms with E-state index in [9.17, 15) is 4.79 Å². The summed E-state index contributed by atoms with van der Waals surface area (Å²) in [6, 6.07) is 7.67. The molecule has 0 saturated heterocycles. The molecule has 0 aliphatic rings. The van der Waals surface area contributed by atoms with Crippen LogP contribution in [0.25, 0.3) is 0 Å². The molecule has 1 rings (SSSR count). The summed E-state index contributed by atoms with van der Waals surface area (Å²) in [6.45, 7) is 4.78. The highest BCUT2D eigenvalue weighted by Gasteiger charge is 2.02. The topological polar surface area (TPSA) is 41.1 Å². The lowest BCUT2D eigenvalue weighted by atomic mass is 10.2. The Bertz CT molecular complexity index is 418. The second-order valence-electron chi connectivity index (χ2n) is 4.13. The third-order valence-electron chi connectivity index (χ3n) is 2.22. The molecule has 0 aromatic heterocycles. The maximum atomic E-state index is 11.6. The summed E-state index contributed by atoms with van der Waals surface area (Å²) in [5.74, 6) is 2.53. The van der Waals surface area contributed by atoms with Crippen molar-refractivity contribution in [2.24, 2.45) is 0 Å². The van der Waals surface area contributed by atoms with Gasteiger partial charge in [-0.2, -0.15) is 0 Å². The quantitative estimate of drug-likeness (QED) is 0.760. The normalized spacial score (nSPS) is 10.0. The Balaban J connectivity index is 2.43. The van der Waals surface area contributed by atoms with Gasteiger partial charge in [0.1, 0.15) is 0 Å². The van der Waals surface area contributed by atoms with Crippen LogP contribution >= 0.6 is 0 Å². The van der Waals surface area contributed by atoms with Crippen molar-refractivity contribution in [2.75, 3.05) is 11.9 Å². The van der Waals surface area contributed by atoms with Gasteiger partial charge in [0.25, 0.3) is 0 Å². The molecule has 0 unspecified atom stereocenters. The van der Waals surface area contributed by atoms with E-state index in [4.69, 9.17) is 6.42 Å². The van der Waals surface area contributed by atoms with E-state index in [1.807, 2.05) is 32.0 Å². The molecule has 3 nitrogen and oxygen atoms in total. The third-order valence-corrected chi connectivity index (χ3v) is 2.22. The van der Waals surface area contributed by atoms with Crippen molar-refractivity contribution in [2.45, 2.75) is 26.3 Å². The van der Waals surface area contributed by atoms with Crippen molar-refractivity contribution in [3.63, 3.8) is 0 Å². The molecule has 0 spiro atoms. The number of amides is 1. The monoisotopic (exact) mass is 230 g/mol. The summed E-state index contributed by atoms with van der Waals surface area (Å²) >= 11 is 0. The first-order valence-corrected chi connectivity index (χ1v) is 5.71. The maximum Gasteiger partial charge on any atom is 0.225 e. The number of terminal acetylenes is 1. The largest absolute Gasteiger partial charge is 0.326 e. The zero-order chi connectivity index (χ0) is 12.7. The van der Waals surface area contributed by atoms with Crippen LogP contribution in [-0.2, 0) is 4.79 Å². The van der Waals surface area contributed by atoms with E-state index in [0.717, 1.165) is 11.3 Å². The molecule has 0 bridgehead atoms. The summed E-state index contributed by atoms with van der Waals surface area (Å²) in [6.07, 6.45) is 5.75. The van der Waals surface area contributed by atoms with Crippen LogP contribution in [0.2, 0.25) is 0 Å². The third kappa shape index (κ3) is 5.19. The fourth-order valence-corrected chi connectivity index (χ4v) is 1.38. The number of carbonyl (C=O) groups is 1. The molecule has 1 aromatic rings. The van der Waals surface area contributed by atoms with E-state index in [2.05, 4.69) is 16.6 Å². The minimum absolute atomic E-state index is 0.00711. The Labute approximate surface area is 103 Å². The standard InChI is InChI=1S/C14H18N2O/c1-4-12-6-5-7-13(10-12)16-14(17)8-9-15-11(2)3/h1,5-7,10-11,15H,8-9H2,2-3H3,(H,16,17). The fourth-order valence-electron chi connectivity index (χ4n) is 1.38. The minimum Gasteiger partial charge on any atom is -0.326 e. The van der Waals surface area contributed by atoms with Crippen LogP contribution in [0.5, 0.6) is 0 Å². The number of rotatable bonds is 5. The Morgan fingerprint density at radius 3 is 2.88 bits per heavy atom. The lowest BCUT2D eigenvalue weighted by Gasteiger charge is -2.08. The van der Waals surface area contributed by atoms with Crippen LogP contribution in [0.15, 0.2) is 24.3 Å². The highest BCUT2D eigenvalue weighted by Crippen LogP contribution is 2.09. The second-order valence-corrected chi connectivity index (χ2v) is 4.13. The van der Waals surface area contributed by atoms with Crippen molar-refractivity contribution in [3.05, 3.63) is 29.8 Å². The summed E-state index contributed by atoms with van der Waals surface area (Å²) < 4.78 is 0. The zero-order valence-corrected chi connectivity index (χ0v) is 10.3. The van der Waals surface area contributed by atoms with Crippen LogP contribution in [0.1, 0.15) is 25.8 Å². The predicted molar refractivity (Wildman–Crippen MR) is 70.8 cm³/mol. The minimum atomic E-state index is -0.00711. The number of benzene rings is 1. The molecule has 0 aliphatic carbocycles. The Morgan fingerprint density at radius 2 is 2.24 bits per heavy atom. The number of hydrogen-bond donors (Lipinski definition) is 2. The van der Waals surface area contributed by atoms with Gasteiger partial charge in [-0.25, -0.2) is 0 Å². The molecular weight excluding hydrogens is 212 g/mol. The van der Waals surface area contributed by atoms with Gasteiger partial charge in [-0.05, 0) is 18.2 Å². The van der Waals surface area contributed by atoms with E-state index in [1.165, 1.54) is 0 Å². The number of carbonyl (C=O) groups excluding carboxylic acids is 1. The van der Waals surface area contributed by atoms with Crippen molar-refractivity contribution < 1.29 is 4.79 Å². The molecule has 0 saturated carbocycles. The van der Waals surface area contributed by atoms with Gasteiger partial charge in [0.05, 0.1) is 0 Å². The molecule has 0 heterocycles. The number of anilines is 1. The molecule has 90 valence electrons. The van der Waals surface area contributed by atoms with Crippen molar-refractivity contribution in [1.29, 1.82) is 0 Å². The average molecular weight is 230 g/mol. The smallest absolute Gasteiger partial charge is 0.225 e. The summed E-state index contributed by atoms with van der Waals surface area (Å²) in [5.41, 5.74) is 1.51. The molecule has 0 aliphatic heterocycles. The van der Waals surface area contributed by atoms with Crippen molar-refractivity contribution in [3.8, 4) is 12.3 Å². The molecule has 1 aromatic carbocycles. The molecule has 0 atom stereocenters. The SMILES string of the molecule is C#Cc1cccc(NC(=O)CCNC(C)C)c1. The number of nitrogens with one attached hydrogen (secondary N) is 2. The van der Waals surface area contributed by atoms with E-state index < -0.39 is 0 Å². The van der Waals surface area contributed by atoms with Gasteiger partial charge in [-0.1, -0.05) is 25.8 Å². The van der Waals surface area contributed by atoms with Crippen LogP contribution in [0.3, 0.4) is 0 Å². The molecule has 2 N–H and O–H groups in total. The van der Waals surface area contributed by atoms with Gasteiger partial charge in [0, 0.05) is 30.3 Å². The van der Waals surface area contributed by atoms with Gasteiger partial charge < -0.3 is 10.6 Å². The first-order chi connectivity index (χ1) is 8.11. The van der Waals surface area contributed by atoms with Gasteiger partial charge in [0.2, 0.25) is 5.91 Å². The highest BCUT2D eigenvalue weighted by atomic mass is 16.1. The molecule has 1 amide bonds. The van der Waals surface area contributed by atoms with Gasteiger partial charge >= 0.3 is 0 Å². The average Bonchev–Trinajstić information content (AvgIpc) is 2.28. The Kier molecular flexibility index (Phi) is 5.25. The Hall–Kier alpha value is -1.79. The molecule has 3 heteroatoms. The van der Waals surface area contributed by atoms with Gasteiger partial charge in [-0.15, -0.1) is 6.42 Å². The van der Waals surface area contributed by atoms with E-state index >= 15 is 0 Å². The van der Waals surface area contributed by atoms with Crippen LogP contribution in [0.4, 0.5) is 5.69 Å². The van der Waals surface area contributed by atoms with E-state index in [-0.39, 0.29) is 5.91 Å². The molecule has 0 fully saturated rings. The van der Waals surface area contributed by atoms with E-state index in [0.29, 0.717) is 19.0 Å². The first kappa shape index (κ1) is 13.3. The molecule has 0 radical (unpaired) electrons.